The first-order chi connectivity index (χ1) is 14.1. The molecule has 0 N–H and O–H groups in total. The highest BCUT2D eigenvalue weighted by atomic mass is 19.1. The number of hydrogen-bond acceptors (Lipinski definition) is 5. The minimum atomic E-state index is -0.523. The number of carbonyl (C=O) groups is 1. The van der Waals surface area contributed by atoms with Crippen molar-refractivity contribution >= 4 is 22.8 Å². The van der Waals surface area contributed by atoms with E-state index in [1.165, 1.54) is 18.2 Å². The van der Waals surface area contributed by atoms with Crippen LogP contribution in [-0.2, 0) is 27.5 Å². The first-order valence-electron chi connectivity index (χ1n) is 9.07. The van der Waals surface area contributed by atoms with Crippen LogP contribution < -0.4 is 9.47 Å². The second kappa shape index (κ2) is 8.32. The Kier molecular flexibility index (Phi) is 5.44. The van der Waals surface area contributed by atoms with Gasteiger partial charge in [0, 0.05) is 17.2 Å². The van der Waals surface area contributed by atoms with Crippen molar-refractivity contribution in [3.63, 3.8) is 0 Å². The Morgan fingerprint density at radius 1 is 1.14 bits per heavy atom. The molecule has 1 aliphatic heterocycles. The number of methoxy groups -OCH3 is 1. The third-order valence-corrected chi connectivity index (χ3v) is 4.60. The summed E-state index contributed by atoms with van der Waals surface area (Å²) in [7, 11) is 1.63. The Hall–Kier alpha value is -3.38. The Morgan fingerprint density at radius 2 is 1.97 bits per heavy atom. The van der Waals surface area contributed by atoms with Crippen molar-refractivity contribution in [3.05, 3.63) is 77.1 Å². The summed E-state index contributed by atoms with van der Waals surface area (Å²) >= 11 is 0. The van der Waals surface area contributed by atoms with Gasteiger partial charge in [0.2, 0.25) is 0 Å². The van der Waals surface area contributed by atoms with Crippen LogP contribution in [0.3, 0.4) is 0 Å². The van der Waals surface area contributed by atoms with Gasteiger partial charge in [0.05, 0.1) is 13.7 Å². The summed E-state index contributed by atoms with van der Waals surface area (Å²) in [6.45, 7) is 0.274. The van der Waals surface area contributed by atoms with E-state index in [9.17, 15) is 9.18 Å². The van der Waals surface area contributed by atoms with E-state index >= 15 is 0 Å². The van der Waals surface area contributed by atoms with Crippen LogP contribution in [-0.4, -0.2) is 19.9 Å². The topological polar surface area (TPSA) is 54.0 Å². The van der Waals surface area contributed by atoms with Crippen molar-refractivity contribution in [2.24, 2.45) is 0 Å². The molecule has 0 saturated carbocycles. The molecule has 0 aromatic heterocycles. The number of benzene rings is 3. The van der Waals surface area contributed by atoms with Crippen LogP contribution in [0.2, 0.25) is 0 Å². The normalized spacial score (nSPS) is 13.2. The molecule has 5 nitrogen and oxygen atoms in total. The van der Waals surface area contributed by atoms with Crippen LogP contribution in [0, 0.1) is 5.82 Å². The predicted molar refractivity (Wildman–Crippen MR) is 106 cm³/mol. The van der Waals surface area contributed by atoms with Gasteiger partial charge in [0.1, 0.15) is 23.9 Å². The second-order valence-corrected chi connectivity index (χ2v) is 6.58. The highest BCUT2D eigenvalue weighted by Crippen LogP contribution is 2.30. The Balaban J connectivity index is 1.43. The number of carbonyl (C=O) groups excluding carboxylic acids is 1. The van der Waals surface area contributed by atoms with Gasteiger partial charge in [-0.25, -0.2) is 9.18 Å². The molecule has 0 atom stereocenters. The lowest BCUT2D eigenvalue weighted by molar-refractivity contribution is -0.139. The molecule has 1 aliphatic rings. The van der Waals surface area contributed by atoms with E-state index < -0.39 is 11.8 Å². The van der Waals surface area contributed by atoms with Gasteiger partial charge in [-0.1, -0.05) is 18.2 Å². The molecular formula is C23H19FO5. The summed E-state index contributed by atoms with van der Waals surface area (Å²) in [6.07, 6.45) is 3.03. The Bertz CT molecular complexity index is 1090. The zero-order chi connectivity index (χ0) is 20.2. The lowest BCUT2D eigenvalue weighted by atomic mass is 10.1. The molecular weight excluding hydrogens is 375 g/mol. The average molecular weight is 394 g/mol. The van der Waals surface area contributed by atoms with Gasteiger partial charge < -0.3 is 18.9 Å². The van der Waals surface area contributed by atoms with Crippen molar-refractivity contribution in [2.75, 3.05) is 13.9 Å². The summed E-state index contributed by atoms with van der Waals surface area (Å²) in [5.41, 5.74) is 1.94. The maximum absolute atomic E-state index is 13.8. The number of esters is 1. The molecule has 0 radical (unpaired) electrons. The maximum atomic E-state index is 13.8. The molecule has 0 amide bonds. The van der Waals surface area contributed by atoms with Crippen LogP contribution in [0.1, 0.15) is 16.7 Å². The van der Waals surface area contributed by atoms with Crippen LogP contribution in [0.4, 0.5) is 4.39 Å². The van der Waals surface area contributed by atoms with Gasteiger partial charge in [0.15, 0.2) is 6.79 Å². The average Bonchev–Trinajstić information content (AvgIpc) is 2.75. The van der Waals surface area contributed by atoms with Crippen LogP contribution >= 0.6 is 0 Å². The number of rotatable bonds is 5. The summed E-state index contributed by atoms with van der Waals surface area (Å²) in [5, 5.41) is 2.08. The molecule has 29 heavy (non-hydrogen) atoms. The highest BCUT2D eigenvalue weighted by molar-refractivity contribution is 5.90. The SMILES string of the molecule is COc1ccc2cc(/C=C/C(=O)OCc3cc(F)cc4c3OCOC4)ccc2c1. The van der Waals surface area contributed by atoms with Crippen molar-refractivity contribution in [1.82, 2.24) is 0 Å². The lowest BCUT2D eigenvalue weighted by Gasteiger charge is -2.20. The van der Waals surface area contributed by atoms with E-state index in [1.807, 2.05) is 36.4 Å². The van der Waals surface area contributed by atoms with Crippen LogP contribution in [0.5, 0.6) is 11.5 Å². The molecule has 4 rings (SSSR count). The predicted octanol–water partition coefficient (Wildman–Crippen LogP) is 4.61. The fourth-order valence-corrected chi connectivity index (χ4v) is 3.20. The number of hydrogen-bond donors (Lipinski definition) is 0. The van der Waals surface area contributed by atoms with E-state index in [0.29, 0.717) is 16.9 Å². The summed E-state index contributed by atoms with van der Waals surface area (Å²) < 4.78 is 34.8. The third kappa shape index (κ3) is 4.38. The van der Waals surface area contributed by atoms with E-state index in [4.69, 9.17) is 18.9 Å². The largest absolute Gasteiger partial charge is 0.497 e. The van der Waals surface area contributed by atoms with Gasteiger partial charge >= 0.3 is 5.97 Å². The molecule has 0 aliphatic carbocycles. The Morgan fingerprint density at radius 3 is 2.83 bits per heavy atom. The zero-order valence-electron chi connectivity index (χ0n) is 15.8. The molecule has 0 saturated heterocycles. The summed E-state index contributed by atoms with van der Waals surface area (Å²) in [5.74, 6) is 0.357. The smallest absolute Gasteiger partial charge is 0.331 e. The van der Waals surface area contributed by atoms with Gasteiger partial charge in [-0.15, -0.1) is 0 Å². The van der Waals surface area contributed by atoms with Crippen molar-refractivity contribution in [2.45, 2.75) is 13.2 Å². The lowest BCUT2D eigenvalue weighted by Crippen LogP contribution is -2.14. The Labute approximate surface area is 167 Å². The third-order valence-electron chi connectivity index (χ3n) is 4.60. The standard InChI is InChI=1S/C23H19FO5/c1-26-21-6-5-16-8-15(2-4-17(16)11-21)3-7-22(25)28-13-19-10-20(24)9-18-12-27-14-29-23(18)19/h2-11H,12-14H2,1H3/b7-3+. The number of halogens is 1. The van der Waals surface area contributed by atoms with Crippen molar-refractivity contribution in [3.8, 4) is 11.5 Å². The van der Waals surface area contributed by atoms with E-state index in [-0.39, 0.29) is 20.0 Å². The second-order valence-electron chi connectivity index (χ2n) is 6.58. The fraction of sp³-hybridized carbons (Fsp3) is 0.174. The minimum Gasteiger partial charge on any atom is -0.497 e. The van der Waals surface area contributed by atoms with E-state index in [1.54, 1.807) is 13.2 Å². The highest BCUT2D eigenvalue weighted by Gasteiger charge is 2.17. The molecule has 6 heteroatoms. The van der Waals surface area contributed by atoms with Crippen LogP contribution in [0.25, 0.3) is 16.8 Å². The molecule has 0 bridgehead atoms. The minimum absolute atomic E-state index is 0.0826. The van der Waals surface area contributed by atoms with Gasteiger partial charge in [-0.2, -0.15) is 0 Å². The molecule has 3 aromatic rings. The number of fused-ring (bicyclic) bond motifs is 2. The molecule has 148 valence electrons. The molecule has 1 heterocycles. The van der Waals surface area contributed by atoms with Crippen molar-refractivity contribution in [1.29, 1.82) is 0 Å². The molecule has 0 spiro atoms. The molecule has 0 unspecified atom stereocenters. The van der Waals surface area contributed by atoms with Gasteiger partial charge in [0.25, 0.3) is 0 Å². The summed E-state index contributed by atoms with van der Waals surface area (Å²) in [4.78, 5) is 12.1. The van der Waals surface area contributed by atoms with Crippen LogP contribution in [0.15, 0.2) is 54.6 Å². The van der Waals surface area contributed by atoms with E-state index in [0.717, 1.165) is 22.1 Å². The van der Waals surface area contributed by atoms with Gasteiger partial charge in [-0.05, 0) is 52.7 Å². The fourth-order valence-electron chi connectivity index (χ4n) is 3.20. The van der Waals surface area contributed by atoms with Gasteiger partial charge in [-0.3, -0.25) is 0 Å². The summed E-state index contributed by atoms with van der Waals surface area (Å²) in [6, 6.07) is 14.3. The molecule has 3 aromatic carbocycles. The quantitative estimate of drug-likeness (QED) is 0.467. The maximum Gasteiger partial charge on any atom is 0.331 e. The first kappa shape index (κ1) is 19.0. The monoisotopic (exact) mass is 394 g/mol. The van der Waals surface area contributed by atoms with Crippen molar-refractivity contribution < 1.29 is 28.1 Å². The zero-order valence-corrected chi connectivity index (χ0v) is 15.8. The molecule has 0 fully saturated rings. The van der Waals surface area contributed by atoms with E-state index in [2.05, 4.69) is 0 Å². The first-order valence-corrected chi connectivity index (χ1v) is 9.07. The number of ether oxygens (including phenoxy) is 4.